The number of aromatic nitrogens is 4. The van der Waals surface area contributed by atoms with Crippen molar-refractivity contribution in [1.29, 1.82) is 0 Å². The molecule has 0 aliphatic rings. The van der Waals surface area contributed by atoms with Crippen LogP contribution in [-0.2, 0) is 0 Å². The molecule has 0 amide bonds. The molecule has 0 saturated heterocycles. The molecule has 0 N–H and O–H groups in total. The minimum Gasteiger partial charge on any atom is -0.308 e. The number of rotatable bonds is 6. The van der Waals surface area contributed by atoms with E-state index in [1.807, 2.05) is 35.6 Å². The number of benzene rings is 8. The summed E-state index contributed by atoms with van der Waals surface area (Å²) < 4.78 is 4.86. The van der Waals surface area contributed by atoms with Crippen LogP contribution in [0.15, 0.2) is 188 Å². The van der Waals surface area contributed by atoms with Crippen molar-refractivity contribution in [2.24, 2.45) is 0 Å². The van der Waals surface area contributed by atoms with Crippen LogP contribution >= 0.6 is 11.3 Å². The van der Waals surface area contributed by atoms with Gasteiger partial charge in [-0.1, -0.05) is 146 Å². The van der Waals surface area contributed by atoms with Crippen LogP contribution in [0.2, 0.25) is 0 Å². The minimum atomic E-state index is 0.503. The predicted octanol–water partition coefficient (Wildman–Crippen LogP) is 14.2. The number of hydrogen-bond donors (Lipinski definition) is 0. The first kappa shape index (κ1) is 33.6. The van der Waals surface area contributed by atoms with Crippen molar-refractivity contribution < 1.29 is 0 Å². The topological polar surface area (TPSA) is 48.0 Å². The molecule has 6 heteroatoms. The standard InChI is InChI=1S/C52H31N5S/c1-53-38-19-12-18-37(31-38)51-54-50(36-17-11-16-35(30-36)39-23-13-24-43-42-22-7-10-27-48(42)58-49(39)43)55-52(56-51)44-29-28-34(33-14-3-2-4-15-33)32-47(44)57-45-25-8-5-20-40(45)41-21-6-9-26-46(41)57/h2-32H. The smallest absolute Gasteiger partial charge is 0.187 e. The molecule has 0 saturated carbocycles. The highest BCUT2D eigenvalue weighted by atomic mass is 32.1. The van der Waals surface area contributed by atoms with Crippen LogP contribution in [0.5, 0.6) is 0 Å². The van der Waals surface area contributed by atoms with Gasteiger partial charge < -0.3 is 4.57 Å². The molecule has 11 rings (SSSR count). The zero-order valence-corrected chi connectivity index (χ0v) is 31.9. The van der Waals surface area contributed by atoms with Crippen molar-refractivity contribution in [3.8, 4) is 62.1 Å². The summed E-state index contributed by atoms with van der Waals surface area (Å²) in [5.41, 5.74) is 10.6. The van der Waals surface area contributed by atoms with Crippen molar-refractivity contribution in [1.82, 2.24) is 19.5 Å². The van der Waals surface area contributed by atoms with Gasteiger partial charge in [0.2, 0.25) is 0 Å². The van der Waals surface area contributed by atoms with Gasteiger partial charge in [-0.2, -0.15) is 0 Å². The van der Waals surface area contributed by atoms with Gasteiger partial charge in [-0.25, -0.2) is 19.8 Å². The van der Waals surface area contributed by atoms with Crippen LogP contribution in [0.4, 0.5) is 5.69 Å². The fourth-order valence-electron chi connectivity index (χ4n) is 8.17. The molecule has 11 aromatic rings. The third kappa shape index (κ3) is 5.64. The molecular formula is C52H31N5S. The van der Waals surface area contributed by atoms with E-state index >= 15 is 0 Å². The van der Waals surface area contributed by atoms with Gasteiger partial charge in [0.1, 0.15) is 0 Å². The number of para-hydroxylation sites is 2. The summed E-state index contributed by atoms with van der Waals surface area (Å²) in [6, 6.07) is 65.2. The first-order valence-electron chi connectivity index (χ1n) is 19.1. The van der Waals surface area contributed by atoms with Crippen LogP contribution in [0, 0.1) is 6.57 Å². The summed E-state index contributed by atoms with van der Waals surface area (Å²) >= 11 is 1.82. The van der Waals surface area contributed by atoms with E-state index in [2.05, 4.69) is 167 Å². The van der Waals surface area contributed by atoms with Gasteiger partial charge in [0.05, 0.1) is 23.3 Å². The highest BCUT2D eigenvalue weighted by Gasteiger charge is 2.21. The molecule has 5 nitrogen and oxygen atoms in total. The number of hydrogen-bond acceptors (Lipinski definition) is 4. The fourth-order valence-corrected chi connectivity index (χ4v) is 9.41. The largest absolute Gasteiger partial charge is 0.308 e. The van der Waals surface area contributed by atoms with Crippen LogP contribution in [-0.4, -0.2) is 19.5 Å². The monoisotopic (exact) mass is 757 g/mol. The minimum absolute atomic E-state index is 0.503. The average Bonchev–Trinajstić information content (AvgIpc) is 3.85. The zero-order valence-electron chi connectivity index (χ0n) is 31.0. The van der Waals surface area contributed by atoms with Gasteiger partial charge in [-0.05, 0) is 64.7 Å². The van der Waals surface area contributed by atoms with E-state index in [4.69, 9.17) is 21.5 Å². The molecule has 0 atom stereocenters. The second kappa shape index (κ2) is 13.8. The maximum absolute atomic E-state index is 7.76. The van der Waals surface area contributed by atoms with Crippen LogP contribution in [0.25, 0.3) is 109 Å². The molecule has 270 valence electrons. The van der Waals surface area contributed by atoms with Crippen molar-refractivity contribution in [3.63, 3.8) is 0 Å². The Morgan fingerprint density at radius 2 is 1.00 bits per heavy atom. The molecule has 0 aliphatic heterocycles. The predicted molar refractivity (Wildman–Crippen MR) is 240 cm³/mol. The van der Waals surface area contributed by atoms with Crippen LogP contribution in [0.1, 0.15) is 0 Å². The Labute approximate surface area is 338 Å². The van der Waals surface area contributed by atoms with E-state index in [0.717, 1.165) is 50.1 Å². The Bertz CT molecular complexity index is 3370. The molecular weight excluding hydrogens is 727 g/mol. The molecule has 8 aromatic carbocycles. The van der Waals surface area contributed by atoms with E-state index in [1.165, 1.54) is 36.5 Å². The third-order valence-corrected chi connectivity index (χ3v) is 12.1. The number of fused-ring (bicyclic) bond motifs is 6. The van der Waals surface area contributed by atoms with E-state index < -0.39 is 0 Å². The van der Waals surface area contributed by atoms with Crippen LogP contribution < -0.4 is 0 Å². The lowest BCUT2D eigenvalue weighted by atomic mass is 10.00. The molecule has 0 aliphatic carbocycles. The summed E-state index contributed by atoms with van der Waals surface area (Å²) in [5.74, 6) is 1.60. The maximum atomic E-state index is 7.76. The van der Waals surface area contributed by atoms with Crippen molar-refractivity contribution >= 4 is 59.0 Å². The quantitative estimate of drug-likeness (QED) is 0.159. The summed E-state index contributed by atoms with van der Waals surface area (Å²) in [4.78, 5) is 19.4. The molecule has 58 heavy (non-hydrogen) atoms. The molecule has 3 aromatic heterocycles. The first-order valence-corrected chi connectivity index (χ1v) is 20.0. The van der Waals surface area contributed by atoms with E-state index in [1.54, 1.807) is 6.07 Å². The SMILES string of the molecule is [C-]#[N+]c1cccc(-c2nc(-c3cccc(-c4cccc5c4sc4ccccc45)c3)nc(-c3ccc(-c4ccccc4)cc3-n3c4ccccc4c4ccccc43)n2)c1. The molecule has 0 radical (unpaired) electrons. The van der Waals surface area contributed by atoms with Gasteiger partial charge in [0, 0.05) is 47.6 Å². The summed E-state index contributed by atoms with van der Waals surface area (Å²) in [6.45, 7) is 7.76. The summed E-state index contributed by atoms with van der Waals surface area (Å²) in [5, 5.41) is 4.87. The molecule has 3 heterocycles. The highest BCUT2D eigenvalue weighted by Crippen LogP contribution is 2.42. The second-order valence-corrected chi connectivity index (χ2v) is 15.3. The average molecular weight is 758 g/mol. The Kier molecular flexibility index (Phi) is 7.99. The lowest BCUT2D eigenvalue weighted by molar-refractivity contribution is 1.06. The van der Waals surface area contributed by atoms with Crippen molar-refractivity contribution in [2.75, 3.05) is 0 Å². The van der Waals surface area contributed by atoms with E-state index in [9.17, 15) is 0 Å². The van der Waals surface area contributed by atoms with Crippen LogP contribution in [0.3, 0.4) is 0 Å². The number of nitrogens with zero attached hydrogens (tertiary/aromatic N) is 5. The summed E-state index contributed by atoms with van der Waals surface area (Å²) in [7, 11) is 0. The Morgan fingerprint density at radius 3 is 1.76 bits per heavy atom. The first-order chi connectivity index (χ1) is 28.7. The lowest BCUT2D eigenvalue weighted by Crippen LogP contribution is -2.04. The van der Waals surface area contributed by atoms with Gasteiger partial charge in [0.15, 0.2) is 23.2 Å². The van der Waals surface area contributed by atoms with Crippen molar-refractivity contribution in [3.05, 3.63) is 199 Å². The normalized spacial score (nSPS) is 11.4. The Hall–Kier alpha value is -7.72. The zero-order chi connectivity index (χ0) is 38.6. The van der Waals surface area contributed by atoms with Gasteiger partial charge in [-0.15, -0.1) is 11.3 Å². The lowest BCUT2D eigenvalue weighted by Gasteiger charge is -2.16. The molecule has 0 fully saturated rings. The Balaban J connectivity index is 1.16. The van der Waals surface area contributed by atoms with E-state index in [-0.39, 0.29) is 0 Å². The van der Waals surface area contributed by atoms with Gasteiger partial charge >= 0.3 is 0 Å². The Morgan fingerprint density at radius 1 is 0.414 bits per heavy atom. The molecule has 0 unspecified atom stereocenters. The number of thiophene rings is 1. The fraction of sp³-hybridized carbons (Fsp3) is 0. The van der Waals surface area contributed by atoms with Gasteiger partial charge in [-0.3, -0.25) is 0 Å². The maximum Gasteiger partial charge on any atom is 0.187 e. The van der Waals surface area contributed by atoms with Gasteiger partial charge in [0.25, 0.3) is 0 Å². The van der Waals surface area contributed by atoms with Crippen molar-refractivity contribution in [2.45, 2.75) is 0 Å². The molecule has 0 bridgehead atoms. The molecule has 0 spiro atoms. The summed E-state index contributed by atoms with van der Waals surface area (Å²) in [6.07, 6.45) is 0. The van der Waals surface area contributed by atoms with E-state index in [0.29, 0.717) is 23.2 Å². The highest BCUT2D eigenvalue weighted by molar-refractivity contribution is 7.26. The second-order valence-electron chi connectivity index (χ2n) is 14.3. The third-order valence-electron chi connectivity index (χ3n) is 10.9.